The van der Waals surface area contributed by atoms with Crippen molar-refractivity contribution in [3.05, 3.63) is 18.2 Å². The first-order valence-corrected chi connectivity index (χ1v) is 7.40. The van der Waals surface area contributed by atoms with Gasteiger partial charge in [0.15, 0.2) is 0 Å². The van der Waals surface area contributed by atoms with Crippen molar-refractivity contribution in [3.8, 4) is 0 Å². The number of aromatic nitrogens is 2. The lowest BCUT2D eigenvalue weighted by Gasteiger charge is -2.03. The predicted molar refractivity (Wildman–Crippen MR) is 73.1 cm³/mol. The zero-order chi connectivity index (χ0) is 12.5. The van der Waals surface area contributed by atoms with Crippen LogP contribution in [0.3, 0.4) is 0 Å². The van der Waals surface area contributed by atoms with Crippen molar-refractivity contribution in [3.63, 3.8) is 0 Å². The number of imidazole rings is 1. The number of unbranched alkanes of at least 4 members (excludes halogenated alkanes) is 4. The average Bonchev–Trinajstić information content (AvgIpc) is 2.72. The molecule has 0 amide bonds. The molecule has 0 atom stereocenters. The zero-order valence-electron chi connectivity index (χ0n) is 11.9. The molecule has 0 aromatic carbocycles. The monoisotopic (exact) mass is 237 g/mol. The second kappa shape index (κ2) is 8.32. The molecule has 0 radical (unpaired) electrons. The van der Waals surface area contributed by atoms with Gasteiger partial charge in [0.1, 0.15) is 12.4 Å². The van der Waals surface area contributed by atoms with E-state index in [0.717, 1.165) is 13.0 Å². The Morgan fingerprint density at radius 1 is 1.00 bits per heavy atom. The van der Waals surface area contributed by atoms with Gasteiger partial charge in [0.25, 0.3) is 5.82 Å². The normalized spacial score (nSPS) is 11.0. The Hall–Kier alpha value is -0.790. The van der Waals surface area contributed by atoms with Crippen molar-refractivity contribution in [2.75, 3.05) is 0 Å². The Kier molecular flexibility index (Phi) is 6.99. The van der Waals surface area contributed by atoms with Gasteiger partial charge in [-0.05, 0) is 19.3 Å². The van der Waals surface area contributed by atoms with Gasteiger partial charge >= 0.3 is 0 Å². The summed E-state index contributed by atoms with van der Waals surface area (Å²) in [7, 11) is 0. The van der Waals surface area contributed by atoms with Crippen LogP contribution in [-0.4, -0.2) is 4.57 Å². The lowest BCUT2D eigenvalue weighted by Crippen LogP contribution is -2.36. The molecule has 2 heteroatoms. The van der Waals surface area contributed by atoms with Crippen LogP contribution in [0.15, 0.2) is 12.4 Å². The molecule has 2 nitrogen and oxygen atoms in total. The van der Waals surface area contributed by atoms with E-state index in [1.165, 1.54) is 50.9 Å². The van der Waals surface area contributed by atoms with Gasteiger partial charge in [-0.3, -0.25) is 0 Å². The lowest BCUT2D eigenvalue weighted by molar-refractivity contribution is -0.703. The Labute approximate surface area is 107 Å². The van der Waals surface area contributed by atoms with Crippen molar-refractivity contribution in [1.29, 1.82) is 0 Å². The maximum atomic E-state index is 2.45. The number of rotatable bonds is 9. The van der Waals surface area contributed by atoms with Gasteiger partial charge in [0.05, 0.1) is 13.1 Å². The molecule has 0 N–H and O–H groups in total. The number of hydrogen-bond donors (Lipinski definition) is 0. The Morgan fingerprint density at radius 2 is 1.76 bits per heavy atom. The number of hydrogen-bond acceptors (Lipinski definition) is 0. The van der Waals surface area contributed by atoms with E-state index in [2.05, 4.69) is 42.3 Å². The summed E-state index contributed by atoms with van der Waals surface area (Å²) < 4.78 is 4.85. The molecule has 1 heterocycles. The standard InChI is InChI=1S/C15H29N2/c1-4-7-8-9-10-12-17-14-13-16(11-5-2)15(17)6-3/h13-14H,4-12H2,1-3H3/q+1. The highest BCUT2D eigenvalue weighted by Crippen LogP contribution is 2.06. The molecule has 0 fully saturated rings. The van der Waals surface area contributed by atoms with E-state index in [1.54, 1.807) is 0 Å². The molecule has 0 aliphatic rings. The van der Waals surface area contributed by atoms with E-state index >= 15 is 0 Å². The maximum Gasteiger partial charge on any atom is 0.256 e. The molecule has 17 heavy (non-hydrogen) atoms. The van der Waals surface area contributed by atoms with E-state index < -0.39 is 0 Å². The van der Waals surface area contributed by atoms with Crippen molar-refractivity contribution in [1.82, 2.24) is 4.57 Å². The summed E-state index contributed by atoms with van der Waals surface area (Å²) in [5.74, 6) is 1.49. The Bertz CT molecular complexity index is 302. The topological polar surface area (TPSA) is 8.81 Å². The molecule has 0 aliphatic heterocycles. The Balaban J connectivity index is 2.41. The van der Waals surface area contributed by atoms with Crippen LogP contribution in [0.1, 0.15) is 65.1 Å². The number of nitrogens with zero attached hydrogens (tertiary/aromatic N) is 2. The van der Waals surface area contributed by atoms with Crippen LogP contribution in [-0.2, 0) is 19.5 Å². The van der Waals surface area contributed by atoms with Gasteiger partial charge in [-0.2, -0.15) is 0 Å². The van der Waals surface area contributed by atoms with Crippen LogP contribution in [0.4, 0.5) is 0 Å². The first kappa shape index (κ1) is 14.3. The molecule has 1 rings (SSSR count). The van der Waals surface area contributed by atoms with Crippen LogP contribution in [0.5, 0.6) is 0 Å². The molecular weight excluding hydrogens is 208 g/mol. The van der Waals surface area contributed by atoms with Gasteiger partial charge in [0, 0.05) is 6.42 Å². The van der Waals surface area contributed by atoms with Gasteiger partial charge < -0.3 is 0 Å². The molecule has 0 unspecified atom stereocenters. The van der Waals surface area contributed by atoms with Gasteiger partial charge in [-0.25, -0.2) is 9.13 Å². The summed E-state index contributed by atoms with van der Waals surface area (Å²) in [5.41, 5.74) is 0. The first-order chi connectivity index (χ1) is 8.33. The molecule has 0 spiro atoms. The largest absolute Gasteiger partial charge is 0.256 e. The van der Waals surface area contributed by atoms with E-state index in [4.69, 9.17) is 0 Å². The second-order valence-corrected chi connectivity index (χ2v) is 4.87. The molecule has 0 saturated heterocycles. The molecule has 98 valence electrons. The Morgan fingerprint density at radius 3 is 2.41 bits per heavy atom. The molecule has 0 saturated carbocycles. The molecule has 0 bridgehead atoms. The fraction of sp³-hybridized carbons (Fsp3) is 0.800. The van der Waals surface area contributed by atoms with E-state index in [9.17, 15) is 0 Å². The summed E-state index contributed by atoms with van der Waals surface area (Å²) in [6, 6.07) is 0. The SMILES string of the molecule is CCCCCCCn1cc[n+](CCC)c1CC. The summed E-state index contributed by atoms with van der Waals surface area (Å²) in [4.78, 5) is 0. The third-order valence-corrected chi connectivity index (χ3v) is 3.37. The van der Waals surface area contributed by atoms with Gasteiger partial charge in [-0.15, -0.1) is 0 Å². The smallest absolute Gasteiger partial charge is 0.234 e. The molecule has 1 aromatic rings. The predicted octanol–water partition coefficient (Wildman–Crippen LogP) is 3.72. The van der Waals surface area contributed by atoms with Gasteiger partial charge in [0.2, 0.25) is 0 Å². The fourth-order valence-corrected chi connectivity index (χ4v) is 2.44. The summed E-state index contributed by atoms with van der Waals surface area (Å²) >= 11 is 0. The summed E-state index contributed by atoms with van der Waals surface area (Å²) in [6.07, 6.45) is 13.7. The second-order valence-electron chi connectivity index (χ2n) is 4.87. The first-order valence-electron chi connectivity index (χ1n) is 7.40. The highest BCUT2D eigenvalue weighted by Gasteiger charge is 2.13. The highest BCUT2D eigenvalue weighted by atomic mass is 15.1. The molecule has 0 aliphatic carbocycles. The van der Waals surface area contributed by atoms with Gasteiger partial charge in [-0.1, -0.05) is 40.0 Å². The molecule has 1 aromatic heterocycles. The zero-order valence-corrected chi connectivity index (χ0v) is 11.9. The van der Waals surface area contributed by atoms with E-state index in [1.807, 2.05) is 0 Å². The summed E-state index contributed by atoms with van der Waals surface area (Å²) in [5, 5.41) is 0. The minimum absolute atomic E-state index is 1.14. The third-order valence-electron chi connectivity index (χ3n) is 3.37. The van der Waals surface area contributed by atoms with Crippen LogP contribution in [0.2, 0.25) is 0 Å². The van der Waals surface area contributed by atoms with Crippen molar-refractivity contribution >= 4 is 0 Å². The number of aryl methyl sites for hydroxylation is 2. The van der Waals surface area contributed by atoms with Crippen molar-refractivity contribution < 1.29 is 4.57 Å². The van der Waals surface area contributed by atoms with Crippen LogP contribution >= 0.6 is 0 Å². The summed E-state index contributed by atoms with van der Waals surface area (Å²) in [6.45, 7) is 9.13. The lowest BCUT2D eigenvalue weighted by atomic mass is 10.1. The van der Waals surface area contributed by atoms with Crippen molar-refractivity contribution in [2.45, 2.75) is 78.8 Å². The third kappa shape index (κ3) is 4.53. The maximum absolute atomic E-state index is 2.45. The fourth-order valence-electron chi connectivity index (χ4n) is 2.44. The van der Waals surface area contributed by atoms with E-state index in [0.29, 0.717) is 0 Å². The van der Waals surface area contributed by atoms with Crippen LogP contribution in [0.25, 0.3) is 0 Å². The van der Waals surface area contributed by atoms with Crippen LogP contribution in [0, 0.1) is 0 Å². The van der Waals surface area contributed by atoms with Crippen LogP contribution < -0.4 is 4.57 Å². The van der Waals surface area contributed by atoms with Crippen molar-refractivity contribution in [2.24, 2.45) is 0 Å². The quantitative estimate of drug-likeness (QED) is 0.457. The highest BCUT2D eigenvalue weighted by molar-refractivity contribution is 4.82. The average molecular weight is 237 g/mol. The molecular formula is C15H29N2+. The minimum atomic E-state index is 1.14. The minimum Gasteiger partial charge on any atom is -0.234 e. The van der Waals surface area contributed by atoms with E-state index in [-0.39, 0.29) is 0 Å².